The SMILES string of the molecule is CCn1nccc1CNc1cccc(-c2ccn[nH]2)c1. The van der Waals surface area contributed by atoms with Crippen LogP contribution >= 0.6 is 0 Å². The summed E-state index contributed by atoms with van der Waals surface area (Å²) >= 11 is 0. The molecule has 3 aromatic rings. The molecule has 1 aromatic carbocycles. The average molecular weight is 267 g/mol. The molecule has 3 rings (SSSR count). The zero-order valence-electron chi connectivity index (χ0n) is 11.4. The van der Waals surface area contributed by atoms with Gasteiger partial charge in [-0.1, -0.05) is 12.1 Å². The Morgan fingerprint density at radius 3 is 2.95 bits per heavy atom. The lowest BCUT2D eigenvalue weighted by atomic mass is 10.1. The van der Waals surface area contributed by atoms with Crippen LogP contribution in [0, 0.1) is 0 Å². The highest BCUT2D eigenvalue weighted by molar-refractivity contribution is 5.64. The summed E-state index contributed by atoms with van der Waals surface area (Å²) in [5, 5.41) is 14.7. The quantitative estimate of drug-likeness (QED) is 0.747. The molecule has 2 heterocycles. The molecular formula is C15H17N5. The number of hydrogen-bond acceptors (Lipinski definition) is 3. The molecule has 5 heteroatoms. The Morgan fingerprint density at radius 2 is 2.15 bits per heavy atom. The molecule has 0 bridgehead atoms. The van der Waals surface area contributed by atoms with E-state index in [1.165, 1.54) is 5.69 Å². The minimum absolute atomic E-state index is 0.764. The van der Waals surface area contributed by atoms with Crippen molar-refractivity contribution in [1.82, 2.24) is 20.0 Å². The second kappa shape index (κ2) is 5.61. The summed E-state index contributed by atoms with van der Waals surface area (Å²) in [5.74, 6) is 0. The fourth-order valence-electron chi connectivity index (χ4n) is 2.20. The number of aromatic nitrogens is 4. The third-order valence-electron chi connectivity index (χ3n) is 3.25. The van der Waals surface area contributed by atoms with Gasteiger partial charge in [-0.2, -0.15) is 10.2 Å². The number of aromatic amines is 1. The lowest BCUT2D eigenvalue weighted by Crippen LogP contribution is -2.07. The van der Waals surface area contributed by atoms with Crippen LogP contribution in [0.1, 0.15) is 12.6 Å². The largest absolute Gasteiger partial charge is 0.379 e. The van der Waals surface area contributed by atoms with Gasteiger partial charge in [0.2, 0.25) is 0 Å². The molecule has 0 aliphatic carbocycles. The molecule has 0 aliphatic heterocycles. The Morgan fingerprint density at radius 1 is 1.20 bits per heavy atom. The van der Waals surface area contributed by atoms with Gasteiger partial charge in [0.05, 0.1) is 17.9 Å². The minimum atomic E-state index is 0.764. The molecule has 0 amide bonds. The van der Waals surface area contributed by atoms with Gasteiger partial charge in [0, 0.05) is 30.2 Å². The van der Waals surface area contributed by atoms with E-state index in [9.17, 15) is 0 Å². The standard InChI is InChI=1S/C15H17N5/c1-2-20-14(6-9-18-20)11-16-13-5-3-4-12(10-13)15-7-8-17-19-15/h3-10,16H,2,11H2,1H3,(H,17,19). The van der Waals surface area contributed by atoms with Crippen LogP contribution in [0.2, 0.25) is 0 Å². The Labute approximate surface area is 117 Å². The zero-order valence-corrected chi connectivity index (χ0v) is 11.4. The molecule has 2 aromatic heterocycles. The van der Waals surface area contributed by atoms with Crippen molar-refractivity contribution < 1.29 is 0 Å². The molecular weight excluding hydrogens is 250 g/mol. The maximum Gasteiger partial charge on any atom is 0.0650 e. The fraction of sp³-hybridized carbons (Fsp3) is 0.200. The molecule has 102 valence electrons. The molecule has 0 atom stereocenters. The van der Waals surface area contributed by atoms with Crippen molar-refractivity contribution in [3.63, 3.8) is 0 Å². The van der Waals surface area contributed by atoms with E-state index in [0.29, 0.717) is 0 Å². The average Bonchev–Trinajstić information content (AvgIpc) is 3.16. The highest BCUT2D eigenvalue weighted by Gasteiger charge is 2.02. The van der Waals surface area contributed by atoms with Crippen molar-refractivity contribution in [3.05, 3.63) is 54.5 Å². The summed E-state index contributed by atoms with van der Waals surface area (Å²) in [4.78, 5) is 0. The van der Waals surface area contributed by atoms with E-state index in [4.69, 9.17) is 0 Å². The molecule has 2 N–H and O–H groups in total. The number of rotatable bonds is 5. The van der Waals surface area contributed by atoms with Crippen LogP contribution in [0.25, 0.3) is 11.3 Å². The Bertz CT molecular complexity index is 669. The molecule has 5 nitrogen and oxygen atoms in total. The van der Waals surface area contributed by atoms with Crippen molar-refractivity contribution in [2.75, 3.05) is 5.32 Å². The van der Waals surface area contributed by atoms with E-state index in [2.05, 4.69) is 45.7 Å². The third kappa shape index (κ3) is 2.56. The fourth-order valence-corrected chi connectivity index (χ4v) is 2.20. The van der Waals surface area contributed by atoms with Crippen molar-refractivity contribution in [1.29, 1.82) is 0 Å². The van der Waals surface area contributed by atoms with Crippen molar-refractivity contribution in [2.45, 2.75) is 20.0 Å². The number of hydrogen-bond donors (Lipinski definition) is 2. The maximum atomic E-state index is 4.27. The van der Waals surface area contributed by atoms with Gasteiger partial charge >= 0.3 is 0 Å². The molecule has 0 fully saturated rings. The van der Waals surface area contributed by atoms with E-state index in [1.807, 2.05) is 29.1 Å². The summed E-state index contributed by atoms with van der Waals surface area (Å²) < 4.78 is 1.99. The van der Waals surface area contributed by atoms with Crippen molar-refractivity contribution in [3.8, 4) is 11.3 Å². The summed E-state index contributed by atoms with van der Waals surface area (Å²) in [6, 6.07) is 12.3. The predicted octanol–water partition coefficient (Wildman–Crippen LogP) is 2.91. The van der Waals surface area contributed by atoms with Crippen LogP contribution in [-0.2, 0) is 13.1 Å². The molecule has 0 unspecified atom stereocenters. The lowest BCUT2D eigenvalue weighted by Gasteiger charge is -2.09. The maximum absolute atomic E-state index is 4.27. The topological polar surface area (TPSA) is 58.5 Å². The first-order valence-corrected chi connectivity index (χ1v) is 6.71. The highest BCUT2D eigenvalue weighted by Crippen LogP contribution is 2.20. The lowest BCUT2D eigenvalue weighted by molar-refractivity contribution is 0.627. The zero-order chi connectivity index (χ0) is 13.8. The molecule has 20 heavy (non-hydrogen) atoms. The summed E-state index contributed by atoms with van der Waals surface area (Å²) in [6.07, 6.45) is 3.59. The van der Waals surface area contributed by atoms with E-state index in [1.54, 1.807) is 6.20 Å². The van der Waals surface area contributed by atoms with Crippen LogP contribution in [0.15, 0.2) is 48.8 Å². The number of nitrogens with zero attached hydrogens (tertiary/aromatic N) is 3. The number of aryl methyl sites for hydroxylation is 1. The number of benzene rings is 1. The van der Waals surface area contributed by atoms with Crippen LogP contribution in [-0.4, -0.2) is 20.0 Å². The van der Waals surface area contributed by atoms with Crippen LogP contribution in [0.3, 0.4) is 0 Å². The number of H-pyrrole nitrogens is 1. The Balaban J connectivity index is 1.74. The second-order valence-corrected chi connectivity index (χ2v) is 4.54. The van der Waals surface area contributed by atoms with Gasteiger partial charge < -0.3 is 5.32 Å². The molecule has 0 radical (unpaired) electrons. The van der Waals surface area contributed by atoms with Gasteiger partial charge in [-0.05, 0) is 31.2 Å². The first kappa shape index (κ1) is 12.5. The summed E-state index contributed by atoms with van der Waals surface area (Å²) in [7, 11) is 0. The van der Waals surface area contributed by atoms with Gasteiger partial charge in [0.15, 0.2) is 0 Å². The third-order valence-corrected chi connectivity index (χ3v) is 3.25. The van der Waals surface area contributed by atoms with E-state index in [0.717, 1.165) is 30.0 Å². The molecule has 0 spiro atoms. The highest BCUT2D eigenvalue weighted by atomic mass is 15.3. The van der Waals surface area contributed by atoms with Gasteiger partial charge in [-0.25, -0.2) is 0 Å². The summed E-state index contributed by atoms with van der Waals surface area (Å²) in [6.45, 7) is 3.74. The first-order valence-electron chi connectivity index (χ1n) is 6.71. The van der Waals surface area contributed by atoms with E-state index in [-0.39, 0.29) is 0 Å². The Hall–Kier alpha value is -2.56. The minimum Gasteiger partial charge on any atom is -0.379 e. The molecule has 0 saturated heterocycles. The van der Waals surface area contributed by atoms with E-state index >= 15 is 0 Å². The van der Waals surface area contributed by atoms with Gasteiger partial charge in [0.1, 0.15) is 0 Å². The Kier molecular flexibility index (Phi) is 3.50. The van der Waals surface area contributed by atoms with Crippen LogP contribution < -0.4 is 5.32 Å². The monoisotopic (exact) mass is 267 g/mol. The second-order valence-electron chi connectivity index (χ2n) is 4.54. The van der Waals surface area contributed by atoms with Crippen LogP contribution in [0.5, 0.6) is 0 Å². The molecule has 0 aliphatic rings. The number of nitrogens with one attached hydrogen (secondary N) is 2. The van der Waals surface area contributed by atoms with Gasteiger partial charge in [0.25, 0.3) is 0 Å². The van der Waals surface area contributed by atoms with Crippen molar-refractivity contribution >= 4 is 5.69 Å². The predicted molar refractivity (Wildman–Crippen MR) is 79.3 cm³/mol. The normalized spacial score (nSPS) is 10.7. The van der Waals surface area contributed by atoms with Gasteiger partial charge in [-0.15, -0.1) is 0 Å². The van der Waals surface area contributed by atoms with E-state index < -0.39 is 0 Å². The van der Waals surface area contributed by atoms with Crippen molar-refractivity contribution in [2.24, 2.45) is 0 Å². The van der Waals surface area contributed by atoms with Gasteiger partial charge in [-0.3, -0.25) is 9.78 Å². The first-order chi connectivity index (χ1) is 9.86. The summed E-state index contributed by atoms with van der Waals surface area (Å²) in [5.41, 5.74) is 4.41. The number of anilines is 1. The van der Waals surface area contributed by atoms with Crippen LogP contribution in [0.4, 0.5) is 5.69 Å². The smallest absolute Gasteiger partial charge is 0.0650 e. The molecule has 0 saturated carbocycles.